The van der Waals surface area contributed by atoms with Crippen molar-refractivity contribution in [2.45, 2.75) is 12.8 Å². The van der Waals surface area contributed by atoms with Crippen LogP contribution in [0.5, 0.6) is 0 Å². The first-order valence-electron chi connectivity index (χ1n) is 5.14. The molecule has 0 fully saturated rings. The fourth-order valence-electron chi connectivity index (χ4n) is 1.43. The predicted octanol–water partition coefficient (Wildman–Crippen LogP) is 2.19. The summed E-state index contributed by atoms with van der Waals surface area (Å²) in [6.07, 6.45) is 1.77. The van der Waals surface area contributed by atoms with Crippen molar-refractivity contribution in [3.63, 3.8) is 0 Å². The Balaban J connectivity index is 2.21. The number of rotatable bonds is 4. The quantitative estimate of drug-likeness (QED) is 0.939. The van der Waals surface area contributed by atoms with Gasteiger partial charge in [0.2, 0.25) is 0 Å². The largest absolute Gasteiger partial charge is 0.481 e. The van der Waals surface area contributed by atoms with Gasteiger partial charge in [0.1, 0.15) is 11.5 Å². The van der Waals surface area contributed by atoms with E-state index in [0.717, 1.165) is 0 Å². The summed E-state index contributed by atoms with van der Waals surface area (Å²) in [4.78, 5) is 10.4. The van der Waals surface area contributed by atoms with Crippen molar-refractivity contribution in [2.24, 2.45) is 0 Å². The van der Waals surface area contributed by atoms with Crippen molar-refractivity contribution < 1.29 is 14.3 Å². The van der Waals surface area contributed by atoms with Gasteiger partial charge in [-0.05, 0) is 18.2 Å². The van der Waals surface area contributed by atoms with Gasteiger partial charge in [-0.2, -0.15) is 0 Å². The number of nitrogens with zero attached hydrogens (tertiary/aromatic N) is 3. The lowest BCUT2D eigenvalue weighted by Crippen LogP contribution is -1.98. The number of carboxylic acids is 1. The molecule has 0 saturated heterocycles. The van der Waals surface area contributed by atoms with E-state index in [1.165, 1.54) is 16.9 Å². The minimum absolute atomic E-state index is 0.0263. The Morgan fingerprint density at radius 1 is 1.50 bits per heavy atom. The summed E-state index contributed by atoms with van der Waals surface area (Å²) < 4.78 is 15.6. The summed E-state index contributed by atoms with van der Waals surface area (Å²) in [5.74, 6) is -1.33. The van der Waals surface area contributed by atoms with Crippen LogP contribution in [-0.4, -0.2) is 26.1 Å². The molecule has 2 aromatic rings. The normalized spacial score (nSPS) is 10.6. The van der Waals surface area contributed by atoms with Crippen LogP contribution >= 0.6 is 15.9 Å². The molecule has 1 N–H and O–H groups in total. The standard InChI is InChI=1S/C11H9BrFN3O2/c12-7-1-3-10(9(13)5-7)16-6-8(14-15-16)2-4-11(17)18/h1,3,5-6H,2,4H2,(H,17,18). The van der Waals surface area contributed by atoms with Crippen LogP contribution in [0.1, 0.15) is 12.1 Å². The average molecular weight is 314 g/mol. The summed E-state index contributed by atoms with van der Waals surface area (Å²) in [6.45, 7) is 0. The molecule has 0 amide bonds. The lowest BCUT2D eigenvalue weighted by Gasteiger charge is -2.01. The highest BCUT2D eigenvalue weighted by molar-refractivity contribution is 9.10. The van der Waals surface area contributed by atoms with Gasteiger partial charge in [0.05, 0.1) is 18.3 Å². The molecule has 0 atom stereocenters. The Morgan fingerprint density at radius 2 is 2.28 bits per heavy atom. The third kappa shape index (κ3) is 2.92. The summed E-state index contributed by atoms with van der Waals surface area (Å²) in [5.41, 5.74) is 0.784. The smallest absolute Gasteiger partial charge is 0.303 e. The van der Waals surface area contributed by atoms with Gasteiger partial charge in [0, 0.05) is 10.9 Å². The van der Waals surface area contributed by atoms with E-state index < -0.39 is 11.8 Å². The van der Waals surface area contributed by atoms with Crippen LogP contribution in [0.15, 0.2) is 28.9 Å². The molecule has 94 valence electrons. The molecule has 0 bridgehead atoms. The zero-order chi connectivity index (χ0) is 13.1. The fourth-order valence-corrected chi connectivity index (χ4v) is 1.77. The molecule has 5 nitrogen and oxygen atoms in total. The highest BCUT2D eigenvalue weighted by Gasteiger charge is 2.09. The zero-order valence-electron chi connectivity index (χ0n) is 9.18. The number of aliphatic carboxylic acids is 1. The molecule has 0 aliphatic rings. The van der Waals surface area contributed by atoms with Gasteiger partial charge in [-0.25, -0.2) is 9.07 Å². The monoisotopic (exact) mass is 313 g/mol. The van der Waals surface area contributed by atoms with Gasteiger partial charge in [-0.1, -0.05) is 21.1 Å². The van der Waals surface area contributed by atoms with Crippen LogP contribution in [0.25, 0.3) is 5.69 Å². The van der Waals surface area contributed by atoms with E-state index >= 15 is 0 Å². The molecule has 0 radical (unpaired) electrons. The van der Waals surface area contributed by atoms with Gasteiger partial charge < -0.3 is 5.11 Å². The van der Waals surface area contributed by atoms with Crippen LogP contribution < -0.4 is 0 Å². The molecule has 1 aromatic carbocycles. The zero-order valence-corrected chi connectivity index (χ0v) is 10.8. The number of benzene rings is 1. The van der Waals surface area contributed by atoms with Gasteiger partial charge >= 0.3 is 5.97 Å². The molecule has 0 aliphatic heterocycles. The Morgan fingerprint density at radius 3 is 2.94 bits per heavy atom. The number of aryl methyl sites for hydroxylation is 1. The fraction of sp³-hybridized carbons (Fsp3) is 0.182. The summed E-state index contributed by atoms with van der Waals surface area (Å²) in [6, 6.07) is 4.58. The summed E-state index contributed by atoms with van der Waals surface area (Å²) >= 11 is 3.16. The molecule has 0 aliphatic carbocycles. The van der Waals surface area contributed by atoms with E-state index in [-0.39, 0.29) is 18.5 Å². The molecular formula is C11H9BrFN3O2. The SMILES string of the molecule is O=C(O)CCc1cn(-c2ccc(Br)cc2F)nn1. The maximum Gasteiger partial charge on any atom is 0.303 e. The second kappa shape index (κ2) is 5.26. The van der Waals surface area contributed by atoms with Crippen LogP contribution in [0, 0.1) is 5.82 Å². The second-order valence-electron chi connectivity index (χ2n) is 3.64. The van der Waals surface area contributed by atoms with E-state index in [4.69, 9.17) is 5.11 Å². The molecule has 0 saturated carbocycles. The molecule has 18 heavy (non-hydrogen) atoms. The predicted molar refractivity (Wildman–Crippen MR) is 65.0 cm³/mol. The molecule has 2 rings (SSSR count). The van der Waals surface area contributed by atoms with E-state index in [1.54, 1.807) is 12.1 Å². The molecule has 0 unspecified atom stereocenters. The first-order valence-corrected chi connectivity index (χ1v) is 5.94. The maximum atomic E-state index is 13.6. The van der Waals surface area contributed by atoms with Crippen molar-refractivity contribution in [1.82, 2.24) is 15.0 Å². The van der Waals surface area contributed by atoms with E-state index in [9.17, 15) is 9.18 Å². The van der Waals surface area contributed by atoms with E-state index in [2.05, 4.69) is 26.2 Å². The molecular weight excluding hydrogens is 305 g/mol. The lowest BCUT2D eigenvalue weighted by atomic mass is 10.2. The Hall–Kier alpha value is -1.76. The van der Waals surface area contributed by atoms with Crippen LogP contribution in [0.3, 0.4) is 0 Å². The number of hydrogen-bond acceptors (Lipinski definition) is 3. The Labute approximate surface area is 110 Å². The third-order valence-electron chi connectivity index (χ3n) is 2.29. The third-order valence-corrected chi connectivity index (χ3v) is 2.79. The average Bonchev–Trinajstić information content (AvgIpc) is 2.75. The first-order chi connectivity index (χ1) is 8.56. The second-order valence-corrected chi connectivity index (χ2v) is 4.56. The van der Waals surface area contributed by atoms with Crippen molar-refractivity contribution >= 4 is 21.9 Å². The summed E-state index contributed by atoms with van der Waals surface area (Å²) in [7, 11) is 0. The Bertz CT molecular complexity index is 585. The van der Waals surface area contributed by atoms with Gasteiger partial charge in [-0.15, -0.1) is 5.10 Å². The highest BCUT2D eigenvalue weighted by atomic mass is 79.9. The Kier molecular flexibility index (Phi) is 3.71. The number of hydrogen-bond donors (Lipinski definition) is 1. The van der Waals surface area contributed by atoms with E-state index in [0.29, 0.717) is 10.2 Å². The molecule has 1 heterocycles. The van der Waals surface area contributed by atoms with E-state index in [1.807, 2.05) is 0 Å². The van der Waals surface area contributed by atoms with Gasteiger partial charge in [0.15, 0.2) is 0 Å². The first kappa shape index (κ1) is 12.7. The van der Waals surface area contributed by atoms with Crippen LogP contribution in [-0.2, 0) is 11.2 Å². The maximum absolute atomic E-state index is 13.6. The minimum atomic E-state index is -0.903. The van der Waals surface area contributed by atoms with Gasteiger partial charge in [-0.3, -0.25) is 4.79 Å². The number of aromatic nitrogens is 3. The highest BCUT2D eigenvalue weighted by Crippen LogP contribution is 2.18. The number of carboxylic acid groups (broad SMARTS) is 1. The van der Waals surface area contributed by atoms with Crippen LogP contribution in [0.2, 0.25) is 0 Å². The lowest BCUT2D eigenvalue weighted by molar-refractivity contribution is -0.136. The molecule has 7 heteroatoms. The number of carbonyl (C=O) groups is 1. The summed E-state index contributed by atoms with van der Waals surface area (Å²) in [5, 5.41) is 16.1. The van der Waals surface area contributed by atoms with Crippen molar-refractivity contribution in [3.05, 3.63) is 40.4 Å². The van der Waals surface area contributed by atoms with Crippen LogP contribution in [0.4, 0.5) is 4.39 Å². The molecule has 0 spiro atoms. The molecule has 1 aromatic heterocycles. The number of halogens is 2. The van der Waals surface area contributed by atoms with Crippen molar-refractivity contribution in [3.8, 4) is 5.69 Å². The minimum Gasteiger partial charge on any atom is -0.481 e. The van der Waals surface area contributed by atoms with Crippen molar-refractivity contribution in [1.29, 1.82) is 0 Å². The van der Waals surface area contributed by atoms with Crippen molar-refractivity contribution in [2.75, 3.05) is 0 Å². The topological polar surface area (TPSA) is 68.0 Å². The van der Waals surface area contributed by atoms with Gasteiger partial charge in [0.25, 0.3) is 0 Å².